The van der Waals surface area contributed by atoms with Crippen LogP contribution < -0.4 is 0 Å². The first kappa shape index (κ1) is 12.9. The lowest BCUT2D eigenvalue weighted by Crippen LogP contribution is -2.03. The fourth-order valence-electron chi connectivity index (χ4n) is 3.33. The Morgan fingerprint density at radius 3 is 2.20 bits per heavy atom. The van der Waals surface area contributed by atoms with Gasteiger partial charge in [-0.3, -0.25) is 4.79 Å². The Balaban J connectivity index is 2.07. The van der Waals surface area contributed by atoms with Crippen LogP contribution in [-0.4, -0.2) is 11.1 Å². The van der Waals surface area contributed by atoms with Crippen LogP contribution >= 0.6 is 0 Å². The second kappa shape index (κ2) is 4.48. The van der Waals surface area contributed by atoms with Crippen molar-refractivity contribution >= 4 is 5.97 Å². The highest BCUT2D eigenvalue weighted by atomic mass is 16.4. The number of rotatable bonds is 3. The predicted molar refractivity (Wildman–Crippen MR) is 79.5 cm³/mol. The number of carboxylic acid groups (broad SMARTS) is 1. The number of hydrogen-bond donors (Lipinski definition) is 1. The van der Waals surface area contributed by atoms with Crippen LogP contribution in [-0.2, 0) is 4.79 Å². The molecule has 2 atom stereocenters. The fraction of sp³-hybridized carbons (Fsp3) is 0.278. The van der Waals surface area contributed by atoms with Crippen molar-refractivity contribution in [2.75, 3.05) is 0 Å². The summed E-state index contributed by atoms with van der Waals surface area (Å²) in [7, 11) is 0. The average Bonchev–Trinajstić information content (AvgIpc) is 3.03. The van der Waals surface area contributed by atoms with Gasteiger partial charge in [-0.15, -0.1) is 0 Å². The summed E-state index contributed by atoms with van der Waals surface area (Å²) in [4.78, 5) is 11.4. The molecule has 0 amide bonds. The van der Waals surface area contributed by atoms with Crippen LogP contribution in [0, 0.1) is 11.3 Å². The van der Waals surface area contributed by atoms with Gasteiger partial charge in [0.05, 0.1) is 5.92 Å². The Labute approximate surface area is 119 Å². The SMILES string of the molecule is CC1(C)C(C(=O)O)C1c1ccccc1-c1ccccc1. The maximum atomic E-state index is 11.4. The van der Waals surface area contributed by atoms with E-state index in [1.807, 2.05) is 44.2 Å². The summed E-state index contributed by atoms with van der Waals surface area (Å²) in [5.41, 5.74) is 3.28. The maximum Gasteiger partial charge on any atom is 0.307 e. The van der Waals surface area contributed by atoms with E-state index < -0.39 is 5.97 Å². The molecular weight excluding hydrogens is 248 g/mol. The number of aliphatic carboxylic acids is 1. The summed E-state index contributed by atoms with van der Waals surface area (Å²) in [5, 5.41) is 9.38. The normalized spacial score (nSPS) is 23.3. The topological polar surface area (TPSA) is 37.3 Å². The summed E-state index contributed by atoms with van der Waals surface area (Å²) < 4.78 is 0. The molecule has 1 saturated carbocycles. The molecule has 20 heavy (non-hydrogen) atoms. The molecule has 0 bridgehead atoms. The van der Waals surface area contributed by atoms with Gasteiger partial charge in [0.1, 0.15) is 0 Å². The first-order chi connectivity index (χ1) is 9.53. The van der Waals surface area contributed by atoms with Crippen LogP contribution in [0.2, 0.25) is 0 Å². The van der Waals surface area contributed by atoms with Crippen LogP contribution in [0.15, 0.2) is 54.6 Å². The number of carbonyl (C=O) groups is 1. The Kier molecular flexibility index (Phi) is 2.89. The molecule has 0 aromatic heterocycles. The molecule has 2 aromatic rings. The summed E-state index contributed by atoms with van der Waals surface area (Å²) in [6.07, 6.45) is 0. The van der Waals surface area contributed by atoms with Gasteiger partial charge in [0.2, 0.25) is 0 Å². The predicted octanol–water partition coefficient (Wildman–Crippen LogP) is 4.18. The van der Waals surface area contributed by atoms with Gasteiger partial charge in [0.25, 0.3) is 0 Å². The molecule has 0 spiro atoms. The van der Waals surface area contributed by atoms with Crippen molar-refractivity contribution < 1.29 is 9.90 Å². The zero-order chi connectivity index (χ0) is 14.3. The van der Waals surface area contributed by atoms with Crippen molar-refractivity contribution in [2.24, 2.45) is 11.3 Å². The molecule has 0 saturated heterocycles. The first-order valence-corrected chi connectivity index (χ1v) is 6.90. The minimum absolute atomic E-state index is 0.0939. The smallest absolute Gasteiger partial charge is 0.307 e. The van der Waals surface area contributed by atoms with Gasteiger partial charge in [0, 0.05) is 5.92 Å². The third kappa shape index (κ3) is 1.92. The van der Waals surface area contributed by atoms with Crippen molar-refractivity contribution in [3.63, 3.8) is 0 Å². The Bertz CT molecular complexity index is 643. The molecule has 0 heterocycles. The molecule has 2 nitrogen and oxygen atoms in total. The van der Waals surface area contributed by atoms with Crippen molar-refractivity contribution in [3.8, 4) is 11.1 Å². The van der Waals surface area contributed by atoms with Gasteiger partial charge in [0.15, 0.2) is 0 Å². The lowest BCUT2D eigenvalue weighted by atomic mass is 9.94. The van der Waals surface area contributed by atoms with E-state index in [1.54, 1.807) is 0 Å². The van der Waals surface area contributed by atoms with E-state index >= 15 is 0 Å². The van der Waals surface area contributed by atoms with Crippen LogP contribution in [0.4, 0.5) is 0 Å². The lowest BCUT2D eigenvalue weighted by Gasteiger charge is -2.10. The standard InChI is InChI=1S/C18H18O2/c1-18(2)15(16(18)17(19)20)14-11-7-6-10-13(14)12-8-4-3-5-9-12/h3-11,15-16H,1-2H3,(H,19,20). The van der Waals surface area contributed by atoms with Crippen molar-refractivity contribution in [2.45, 2.75) is 19.8 Å². The van der Waals surface area contributed by atoms with Gasteiger partial charge in [-0.05, 0) is 22.1 Å². The van der Waals surface area contributed by atoms with Crippen LogP contribution in [0.25, 0.3) is 11.1 Å². The molecule has 1 aliphatic rings. The summed E-state index contributed by atoms with van der Waals surface area (Å²) in [6.45, 7) is 4.08. The van der Waals surface area contributed by atoms with E-state index in [9.17, 15) is 9.90 Å². The Morgan fingerprint density at radius 2 is 1.60 bits per heavy atom. The summed E-state index contributed by atoms with van der Waals surface area (Å²) in [5.74, 6) is -0.883. The monoisotopic (exact) mass is 266 g/mol. The molecule has 1 fully saturated rings. The highest BCUT2D eigenvalue weighted by molar-refractivity contribution is 5.80. The number of benzene rings is 2. The van der Waals surface area contributed by atoms with Gasteiger partial charge >= 0.3 is 5.97 Å². The number of hydrogen-bond acceptors (Lipinski definition) is 1. The van der Waals surface area contributed by atoms with Crippen molar-refractivity contribution in [3.05, 3.63) is 60.2 Å². The zero-order valence-corrected chi connectivity index (χ0v) is 11.7. The third-order valence-electron chi connectivity index (χ3n) is 4.47. The van der Waals surface area contributed by atoms with E-state index in [0.717, 1.165) is 16.7 Å². The minimum atomic E-state index is -0.692. The van der Waals surface area contributed by atoms with E-state index in [-0.39, 0.29) is 17.3 Å². The molecule has 2 aromatic carbocycles. The van der Waals surface area contributed by atoms with Gasteiger partial charge < -0.3 is 5.11 Å². The zero-order valence-electron chi connectivity index (χ0n) is 11.7. The molecule has 1 aliphatic carbocycles. The van der Waals surface area contributed by atoms with Crippen LogP contribution in [0.1, 0.15) is 25.3 Å². The number of carboxylic acids is 1. The van der Waals surface area contributed by atoms with Crippen molar-refractivity contribution in [1.82, 2.24) is 0 Å². The first-order valence-electron chi connectivity index (χ1n) is 6.90. The lowest BCUT2D eigenvalue weighted by molar-refractivity contribution is -0.139. The summed E-state index contributed by atoms with van der Waals surface area (Å²) >= 11 is 0. The fourth-order valence-corrected chi connectivity index (χ4v) is 3.33. The molecule has 3 rings (SSSR count). The molecule has 2 unspecified atom stereocenters. The van der Waals surface area contributed by atoms with Gasteiger partial charge in [-0.2, -0.15) is 0 Å². The average molecular weight is 266 g/mol. The Hall–Kier alpha value is -2.09. The largest absolute Gasteiger partial charge is 0.481 e. The molecule has 2 heteroatoms. The molecule has 0 radical (unpaired) electrons. The maximum absolute atomic E-state index is 11.4. The van der Waals surface area contributed by atoms with E-state index in [0.29, 0.717) is 0 Å². The second-order valence-corrected chi connectivity index (χ2v) is 6.07. The van der Waals surface area contributed by atoms with E-state index in [4.69, 9.17) is 0 Å². The summed E-state index contributed by atoms with van der Waals surface area (Å²) in [6, 6.07) is 18.3. The highest BCUT2D eigenvalue weighted by Crippen LogP contribution is 2.65. The van der Waals surface area contributed by atoms with Gasteiger partial charge in [-0.25, -0.2) is 0 Å². The Morgan fingerprint density at radius 1 is 1.00 bits per heavy atom. The van der Waals surface area contributed by atoms with E-state index in [2.05, 4.69) is 24.3 Å². The van der Waals surface area contributed by atoms with Gasteiger partial charge in [-0.1, -0.05) is 68.4 Å². The minimum Gasteiger partial charge on any atom is -0.481 e. The van der Waals surface area contributed by atoms with Crippen LogP contribution in [0.3, 0.4) is 0 Å². The van der Waals surface area contributed by atoms with E-state index in [1.165, 1.54) is 0 Å². The quantitative estimate of drug-likeness (QED) is 0.905. The third-order valence-corrected chi connectivity index (χ3v) is 4.47. The molecule has 0 aliphatic heterocycles. The molecular formula is C18H18O2. The van der Waals surface area contributed by atoms with Crippen molar-refractivity contribution in [1.29, 1.82) is 0 Å². The molecule has 102 valence electrons. The molecule has 1 N–H and O–H groups in total. The highest BCUT2D eigenvalue weighted by Gasteiger charge is 2.63. The van der Waals surface area contributed by atoms with Crippen LogP contribution in [0.5, 0.6) is 0 Å². The second-order valence-electron chi connectivity index (χ2n) is 6.07.